The number of furan rings is 1. The highest BCUT2D eigenvalue weighted by atomic mass is 16.5. The van der Waals surface area contributed by atoms with Crippen LogP contribution in [0.5, 0.6) is 0 Å². The molecule has 0 radical (unpaired) electrons. The van der Waals surface area contributed by atoms with Crippen LogP contribution in [0.15, 0.2) is 28.7 Å². The van der Waals surface area contributed by atoms with Gasteiger partial charge in [0.2, 0.25) is 0 Å². The molecule has 0 bridgehead atoms. The molecule has 0 saturated carbocycles. The first-order valence-electron chi connectivity index (χ1n) is 11.0. The van der Waals surface area contributed by atoms with E-state index in [0.29, 0.717) is 13.0 Å². The Morgan fingerprint density at radius 1 is 1.22 bits per heavy atom. The first kappa shape index (κ1) is 25.0. The van der Waals surface area contributed by atoms with Crippen LogP contribution in [-0.4, -0.2) is 52.5 Å². The van der Waals surface area contributed by atoms with Crippen molar-refractivity contribution in [1.82, 2.24) is 9.97 Å². The van der Waals surface area contributed by atoms with Crippen LogP contribution in [0.4, 0.5) is 5.82 Å². The normalized spacial score (nSPS) is 12.6. The molecule has 1 saturated heterocycles. The topological polar surface area (TPSA) is 109 Å². The zero-order valence-corrected chi connectivity index (χ0v) is 18.7. The minimum atomic E-state index is -0.842. The first-order valence-corrected chi connectivity index (χ1v) is 11.0. The number of aliphatic hydroxyl groups excluding tert-OH is 1. The number of fused-ring (bicyclic) bond motifs is 3. The molecule has 8 heteroatoms. The van der Waals surface area contributed by atoms with Gasteiger partial charge in [0.25, 0.3) is 0 Å². The third-order valence-corrected chi connectivity index (χ3v) is 4.80. The molecule has 3 heterocycles. The van der Waals surface area contributed by atoms with Crippen LogP contribution >= 0.6 is 0 Å². The number of rotatable bonds is 8. The van der Waals surface area contributed by atoms with Gasteiger partial charge in [0.15, 0.2) is 11.4 Å². The van der Waals surface area contributed by atoms with Gasteiger partial charge in [-0.05, 0) is 31.4 Å². The number of carboxylic acid groups (broad SMARTS) is 1. The number of ether oxygens (including phenoxy) is 1. The molecular weight excluding hydrogens is 410 g/mol. The van der Waals surface area contributed by atoms with Gasteiger partial charge < -0.3 is 24.3 Å². The summed E-state index contributed by atoms with van der Waals surface area (Å²) in [6.07, 6.45) is 9.20. The van der Waals surface area contributed by atoms with Crippen molar-refractivity contribution in [2.75, 3.05) is 31.2 Å². The summed E-state index contributed by atoms with van der Waals surface area (Å²) in [4.78, 5) is 22.3. The molecule has 1 fully saturated rings. The fourth-order valence-corrected chi connectivity index (χ4v) is 3.47. The molecule has 0 unspecified atom stereocenters. The first-order chi connectivity index (χ1) is 15.6. The van der Waals surface area contributed by atoms with E-state index in [1.165, 1.54) is 18.9 Å². The maximum absolute atomic E-state index is 10.5. The smallest absolute Gasteiger partial charge is 0.305 e. The third kappa shape index (κ3) is 6.59. The van der Waals surface area contributed by atoms with Crippen LogP contribution in [-0.2, 0) is 16.0 Å². The van der Waals surface area contributed by atoms with E-state index >= 15 is 0 Å². The second kappa shape index (κ2) is 13.2. The average Bonchev–Trinajstić information content (AvgIpc) is 3.46. The zero-order valence-electron chi connectivity index (χ0n) is 18.7. The van der Waals surface area contributed by atoms with Gasteiger partial charge in [-0.3, -0.25) is 4.79 Å². The van der Waals surface area contributed by atoms with Gasteiger partial charge in [-0.1, -0.05) is 32.4 Å². The highest BCUT2D eigenvalue weighted by Crippen LogP contribution is 2.34. The van der Waals surface area contributed by atoms with E-state index < -0.39 is 5.97 Å². The van der Waals surface area contributed by atoms with Crippen LogP contribution in [0.3, 0.4) is 0 Å². The van der Waals surface area contributed by atoms with Crippen LogP contribution in [0.25, 0.3) is 22.1 Å². The molecule has 0 atom stereocenters. The molecule has 172 valence electrons. The SMILES string of the molecule is C#CO.CC.O=C(O)CCOCCCc1nc(N2CCCC2)c2oc3ccccc3c2n1. The summed E-state index contributed by atoms with van der Waals surface area (Å²) < 4.78 is 11.5. The summed E-state index contributed by atoms with van der Waals surface area (Å²) >= 11 is 0. The van der Waals surface area contributed by atoms with Crippen LogP contribution in [0.2, 0.25) is 0 Å². The van der Waals surface area contributed by atoms with Crippen molar-refractivity contribution in [3.63, 3.8) is 0 Å². The van der Waals surface area contributed by atoms with Gasteiger partial charge >= 0.3 is 5.97 Å². The zero-order chi connectivity index (χ0) is 23.3. The largest absolute Gasteiger partial charge is 0.481 e. The van der Waals surface area contributed by atoms with E-state index in [4.69, 9.17) is 29.3 Å². The minimum Gasteiger partial charge on any atom is -0.481 e. The quantitative estimate of drug-likeness (QED) is 0.392. The standard InChI is InChI=1S/C20H23N3O4.C2H2O.C2H6/c24-17(25)9-13-26-12-5-8-16-21-18-14-6-1-2-7-15(14)27-19(18)20(22-16)23-10-3-4-11-23;1-2-3;1-2/h1-2,6-7H,3-5,8-13H2,(H,24,25);1,3H;1-2H3. The van der Waals surface area contributed by atoms with Crippen molar-refractivity contribution < 1.29 is 24.2 Å². The molecule has 4 rings (SSSR count). The third-order valence-electron chi connectivity index (χ3n) is 4.80. The van der Waals surface area contributed by atoms with Crippen molar-refractivity contribution in [2.24, 2.45) is 0 Å². The lowest BCUT2D eigenvalue weighted by atomic mass is 10.2. The van der Waals surface area contributed by atoms with Gasteiger partial charge in [0.05, 0.1) is 13.0 Å². The van der Waals surface area contributed by atoms with Crippen LogP contribution in [0, 0.1) is 12.5 Å². The molecular formula is C24H31N3O5. The Hall–Kier alpha value is -3.31. The molecule has 2 N–H and O–H groups in total. The van der Waals surface area contributed by atoms with E-state index in [1.54, 1.807) is 0 Å². The molecule has 1 aliphatic heterocycles. The number of nitrogens with zero attached hydrogens (tertiary/aromatic N) is 3. The number of aryl methyl sites for hydroxylation is 1. The average molecular weight is 442 g/mol. The van der Waals surface area contributed by atoms with Crippen molar-refractivity contribution in [1.29, 1.82) is 0 Å². The Kier molecular flexibility index (Phi) is 10.3. The van der Waals surface area contributed by atoms with E-state index in [-0.39, 0.29) is 13.0 Å². The number of aromatic nitrogens is 2. The lowest BCUT2D eigenvalue weighted by molar-refractivity contribution is -0.138. The number of hydrogen-bond acceptors (Lipinski definition) is 7. The Labute approximate surface area is 188 Å². The number of para-hydroxylation sites is 1. The lowest BCUT2D eigenvalue weighted by Gasteiger charge is -2.17. The van der Waals surface area contributed by atoms with Gasteiger partial charge in [-0.25, -0.2) is 9.97 Å². The summed E-state index contributed by atoms with van der Waals surface area (Å²) in [5.41, 5.74) is 2.46. The monoisotopic (exact) mass is 441 g/mol. The fourth-order valence-electron chi connectivity index (χ4n) is 3.47. The molecule has 32 heavy (non-hydrogen) atoms. The summed E-state index contributed by atoms with van der Waals surface area (Å²) in [6, 6.07) is 7.94. The van der Waals surface area contributed by atoms with Gasteiger partial charge in [-0.15, -0.1) is 0 Å². The van der Waals surface area contributed by atoms with Crippen molar-refractivity contribution in [3.05, 3.63) is 30.1 Å². The van der Waals surface area contributed by atoms with Crippen LogP contribution < -0.4 is 4.90 Å². The lowest BCUT2D eigenvalue weighted by Crippen LogP contribution is -2.20. The molecule has 3 aromatic rings. The number of carboxylic acids is 1. The number of aliphatic carboxylic acids is 1. The molecule has 2 aromatic heterocycles. The maximum Gasteiger partial charge on any atom is 0.305 e. The van der Waals surface area contributed by atoms with Crippen LogP contribution in [0.1, 0.15) is 45.4 Å². The fraction of sp³-hybridized carbons (Fsp3) is 0.458. The van der Waals surface area contributed by atoms with Crippen molar-refractivity contribution in [3.8, 4) is 12.5 Å². The number of benzene rings is 1. The highest BCUT2D eigenvalue weighted by Gasteiger charge is 2.22. The molecule has 1 aromatic carbocycles. The second-order valence-electron chi connectivity index (χ2n) is 6.92. The Bertz CT molecular complexity index is 1040. The highest BCUT2D eigenvalue weighted by molar-refractivity contribution is 6.05. The minimum absolute atomic E-state index is 0.0303. The summed E-state index contributed by atoms with van der Waals surface area (Å²) in [6.45, 7) is 6.71. The van der Waals surface area contributed by atoms with E-state index in [0.717, 1.165) is 53.2 Å². The molecule has 8 nitrogen and oxygen atoms in total. The summed E-state index contributed by atoms with van der Waals surface area (Å²) in [5.74, 6) is 0.819. The predicted molar refractivity (Wildman–Crippen MR) is 124 cm³/mol. The predicted octanol–water partition coefficient (Wildman–Crippen LogP) is 4.38. The molecule has 0 spiro atoms. The Morgan fingerprint density at radius 3 is 2.59 bits per heavy atom. The number of aliphatic hydroxyl groups is 1. The second-order valence-corrected chi connectivity index (χ2v) is 6.92. The summed E-state index contributed by atoms with van der Waals surface area (Å²) in [5, 5.41) is 16.7. The molecule has 1 aliphatic rings. The molecule has 0 amide bonds. The summed E-state index contributed by atoms with van der Waals surface area (Å²) in [7, 11) is 0. The van der Waals surface area contributed by atoms with E-state index in [1.807, 2.05) is 38.1 Å². The number of terminal acetylenes is 1. The number of hydrogen-bond donors (Lipinski definition) is 2. The Balaban J connectivity index is 0.000000671. The Morgan fingerprint density at radius 2 is 1.91 bits per heavy atom. The van der Waals surface area contributed by atoms with Gasteiger partial charge in [0, 0.05) is 31.5 Å². The van der Waals surface area contributed by atoms with Gasteiger partial charge in [-0.2, -0.15) is 0 Å². The maximum atomic E-state index is 10.5. The number of carbonyl (C=O) groups is 1. The van der Waals surface area contributed by atoms with Crippen molar-refractivity contribution >= 4 is 33.9 Å². The van der Waals surface area contributed by atoms with E-state index in [2.05, 4.69) is 11.3 Å². The number of anilines is 1. The molecule has 0 aliphatic carbocycles. The van der Waals surface area contributed by atoms with Crippen molar-refractivity contribution in [2.45, 2.75) is 46.0 Å². The van der Waals surface area contributed by atoms with E-state index in [9.17, 15) is 4.79 Å². The van der Waals surface area contributed by atoms with Gasteiger partial charge in [0.1, 0.15) is 23.0 Å².